The van der Waals surface area contributed by atoms with Crippen molar-refractivity contribution in [1.29, 1.82) is 0 Å². The number of amides is 3. The van der Waals surface area contributed by atoms with E-state index in [2.05, 4.69) is 10.6 Å². The number of aliphatic hydroxyl groups excluding tert-OH is 1. The lowest BCUT2D eigenvalue weighted by atomic mass is 9.99. The van der Waals surface area contributed by atoms with Gasteiger partial charge in [-0.05, 0) is 36.2 Å². The zero-order valence-corrected chi connectivity index (χ0v) is 21.5. The minimum atomic E-state index is -3.46. The number of benzene rings is 2. The van der Waals surface area contributed by atoms with Crippen molar-refractivity contribution in [3.8, 4) is 0 Å². The molecule has 2 heterocycles. The highest BCUT2D eigenvalue weighted by Crippen LogP contribution is 2.33. The Balaban J connectivity index is 1.54. The summed E-state index contributed by atoms with van der Waals surface area (Å²) in [6, 6.07) is 11.9. The second-order valence-electron chi connectivity index (χ2n) is 9.68. The van der Waals surface area contributed by atoms with Crippen LogP contribution in [-0.4, -0.2) is 63.0 Å². The largest absolute Gasteiger partial charge is 0.381 e. The SMILES string of the molecule is Cn1cccc1C(=O)N[C@@H](Cc1ccccc1)[C@H](O)C(=O)N1CC(F)(F)C[C@H]1C(=O)NCc1c(F)cccc1F. The number of hydrogen-bond acceptors (Lipinski definition) is 4. The summed E-state index contributed by atoms with van der Waals surface area (Å²) in [6.45, 7) is -1.79. The maximum Gasteiger partial charge on any atom is 0.268 e. The van der Waals surface area contributed by atoms with Gasteiger partial charge in [-0.25, -0.2) is 17.6 Å². The van der Waals surface area contributed by atoms with E-state index in [0.717, 1.165) is 18.2 Å². The molecule has 0 saturated carbocycles. The van der Waals surface area contributed by atoms with Crippen molar-refractivity contribution in [2.45, 2.75) is 43.5 Å². The first kappa shape index (κ1) is 28.8. The number of carbonyl (C=O) groups is 3. The number of likely N-dealkylation sites (tertiary alicyclic amines) is 1. The van der Waals surface area contributed by atoms with Gasteiger partial charge in [0.15, 0.2) is 6.10 Å². The first-order valence-corrected chi connectivity index (χ1v) is 12.5. The van der Waals surface area contributed by atoms with Crippen molar-refractivity contribution in [2.24, 2.45) is 7.05 Å². The number of carbonyl (C=O) groups excluding carboxylic acids is 3. The number of aryl methyl sites for hydroxylation is 1. The van der Waals surface area contributed by atoms with Crippen molar-refractivity contribution in [3.05, 3.63) is 95.3 Å². The van der Waals surface area contributed by atoms with E-state index in [1.54, 1.807) is 49.6 Å². The van der Waals surface area contributed by atoms with Crippen molar-refractivity contribution in [3.63, 3.8) is 0 Å². The van der Waals surface area contributed by atoms with Gasteiger partial charge in [0.25, 0.3) is 17.7 Å². The maximum absolute atomic E-state index is 14.5. The van der Waals surface area contributed by atoms with Crippen LogP contribution in [0.3, 0.4) is 0 Å². The lowest BCUT2D eigenvalue weighted by molar-refractivity contribution is -0.147. The second-order valence-corrected chi connectivity index (χ2v) is 9.68. The van der Waals surface area contributed by atoms with E-state index in [1.165, 1.54) is 10.6 Å². The monoisotopic (exact) mass is 560 g/mol. The third-order valence-corrected chi connectivity index (χ3v) is 6.78. The molecule has 1 fully saturated rings. The summed E-state index contributed by atoms with van der Waals surface area (Å²) in [7, 11) is 1.63. The molecule has 4 rings (SSSR count). The normalized spacial score (nSPS) is 17.8. The van der Waals surface area contributed by atoms with Crippen molar-refractivity contribution in [1.82, 2.24) is 20.1 Å². The number of aliphatic hydroxyl groups is 1. The Morgan fingerprint density at radius 2 is 1.70 bits per heavy atom. The summed E-state index contributed by atoms with van der Waals surface area (Å²) in [5, 5.41) is 15.9. The third kappa shape index (κ3) is 6.50. The summed E-state index contributed by atoms with van der Waals surface area (Å²) in [5.74, 6) is -8.18. The fraction of sp³-hybridized carbons (Fsp3) is 0.321. The molecule has 3 amide bonds. The Morgan fingerprint density at radius 3 is 2.33 bits per heavy atom. The van der Waals surface area contributed by atoms with Crippen LogP contribution in [0.25, 0.3) is 0 Å². The molecule has 1 aliphatic rings. The highest BCUT2D eigenvalue weighted by molar-refractivity contribution is 5.94. The Morgan fingerprint density at radius 1 is 1.02 bits per heavy atom. The lowest BCUT2D eigenvalue weighted by Crippen LogP contribution is -2.56. The maximum atomic E-state index is 14.5. The summed E-state index contributed by atoms with van der Waals surface area (Å²) in [5.41, 5.74) is 0.423. The molecule has 12 heteroatoms. The Bertz CT molecular complexity index is 1360. The highest BCUT2D eigenvalue weighted by Gasteiger charge is 2.51. The molecule has 3 atom stereocenters. The molecule has 1 aliphatic heterocycles. The Hall–Kier alpha value is -4.19. The van der Waals surface area contributed by atoms with E-state index in [0.29, 0.717) is 10.5 Å². The average Bonchev–Trinajstić information content (AvgIpc) is 3.49. The molecule has 2 aromatic carbocycles. The van der Waals surface area contributed by atoms with Crippen LogP contribution in [0.15, 0.2) is 66.9 Å². The molecule has 3 N–H and O–H groups in total. The third-order valence-electron chi connectivity index (χ3n) is 6.78. The molecule has 0 spiro atoms. The van der Waals surface area contributed by atoms with Crippen molar-refractivity contribution < 1.29 is 37.1 Å². The van der Waals surface area contributed by atoms with Crippen LogP contribution >= 0.6 is 0 Å². The molecule has 1 aromatic heterocycles. The minimum absolute atomic E-state index is 0.0163. The first-order chi connectivity index (χ1) is 19.0. The van der Waals surface area contributed by atoms with Gasteiger partial charge in [0.05, 0.1) is 12.6 Å². The fourth-order valence-electron chi connectivity index (χ4n) is 4.67. The van der Waals surface area contributed by atoms with Crippen LogP contribution in [0.5, 0.6) is 0 Å². The average molecular weight is 561 g/mol. The number of alkyl halides is 2. The van der Waals surface area contributed by atoms with Crippen molar-refractivity contribution >= 4 is 17.7 Å². The van der Waals surface area contributed by atoms with Crippen LogP contribution in [0.1, 0.15) is 28.0 Å². The van der Waals surface area contributed by atoms with E-state index in [4.69, 9.17) is 0 Å². The molecular weight excluding hydrogens is 532 g/mol. The zero-order valence-electron chi connectivity index (χ0n) is 21.5. The molecule has 0 unspecified atom stereocenters. The number of hydrogen-bond donors (Lipinski definition) is 3. The molecule has 0 radical (unpaired) electrons. The van der Waals surface area contributed by atoms with E-state index >= 15 is 0 Å². The Labute approximate surface area is 227 Å². The van der Waals surface area contributed by atoms with Gasteiger partial charge in [-0.15, -0.1) is 0 Å². The van der Waals surface area contributed by atoms with Gasteiger partial charge in [0, 0.05) is 31.8 Å². The quantitative estimate of drug-likeness (QED) is 0.350. The summed E-state index contributed by atoms with van der Waals surface area (Å²) in [6.07, 6.45) is -1.42. The topological polar surface area (TPSA) is 104 Å². The molecule has 0 aliphatic carbocycles. The number of aromatic nitrogens is 1. The molecule has 1 saturated heterocycles. The Kier molecular flexibility index (Phi) is 8.58. The van der Waals surface area contributed by atoms with Crippen LogP contribution in [0.2, 0.25) is 0 Å². The van der Waals surface area contributed by atoms with Gasteiger partial charge in [-0.2, -0.15) is 0 Å². The predicted octanol–water partition coefficient (Wildman–Crippen LogP) is 2.56. The summed E-state index contributed by atoms with van der Waals surface area (Å²) < 4.78 is 58.4. The molecule has 3 aromatic rings. The van der Waals surface area contributed by atoms with Crippen LogP contribution in [-0.2, 0) is 29.6 Å². The molecule has 212 valence electrons. The van der Waals surface area contributed by atoms with Gasteiger partial charge in [0.2, 0.25) is 5.91 Å². The summed E-state index contributed by atoms with van der Waals surface area (Å²) >= 11 is 0. The minimum Gasteiger partial charge on any atom is -0.381 e. The molecule has 40 heavy (non-hydrogen) atoms. The summed E-state index contributed by atoms with van der Waals surface area (Å²) in [4.78, 5) is 39.7. The van der Waals surface area contributed by atoms with E-state index in [1.807, 2.05) is 0 Å². The standard InChI is InChI=1S/C28H28F4N4O4/c1-35-12-6-11-22(35)26(39)34-21(13-17-7-3-2-4-8-17)24(37)27(40)36-16-28(31,32)14-23(36)25(38)33-15-18-19(29)9-5-10-20(18)30/h2-12,21,23-24,37H,13-16H2,1H3,(H,33,38)(H,34,39)/t21-,23-,24-/m0/s1. The fourth-order valence-corrected chi connectivity index (χ4v) is 4.67. The molecular formula is C28H28F4N4O4. The van der Waals surface area contributed by atoms with Gasteiger partial charge in [-0.3, -0.25) is 14.4 Å². The molecule has 0 bridgehead atoms. The first-order valence-electron chi connectivity index (χ1n) is 12.5. The number of nitrogens with one attached hydrogen (secondary N) is 2. The predicted molar refractivity (Wildman–Crippen MR) is 136 cm³/mol. The van der Waals surface area contributed by atoms with Gasteiger partial charge in [-0.1, -0.05) is 36.4 Å². The van der Waals surface area contributed by atoms with Crippen LogP contribution in [0, 0.1) is 11.6 Å². The van der Waals surface area contributed by atoms with Crippen LogP contribution in [0.4, 0.5) is 17.6 Å². The molecule has 8 nitrogen and oxygen atoms in total. The highest BCUT2D eigenvalue weighted by atomic mass is 19.3. The lowest BCUT2D eigenvalue weighted by Gasteiger charge is -2.30. The van der Waals surface area contributed by atoms with E-state index < -0.39 is 78.5 Å². The zero-order chi connectivity index (χ0) is 29.0. The van der Waals surface area contributed by atoms with E-state index in [9.17, 15) is 37.1 Å². The van der Waals surface area contributed by atoms with Gasteiger partial charge in [0.1, 0.15) is 23.4 Å². The smallest absolute Gasteiger partial charge is 0.268 e. The van der Waals surface area contributed by atoms with Gasteiger partial charge < -0.3 is 25.2 Å². The van der Waals surface area contributed by atoms with Crippen LogP contribution < -0.4 is 10.6 Å². The van der Waals surface area contributed by atoms with Crippen molar-refractivity contribution in [2.75, 3.05) is 6.54 Å². The second kappa shape index (κ2) is 11.9. The van der Waals surface area contributed by atoms with E-state index in [-0.39, 0.29) is 12.1 Å². The number of nitrogens with zero attached hydrogens (tertiary/aromatic N) is 2. The number of rotatable bonds is 9. The van der Waals surface area contributed by atoms with Gasteiger partial charge >= 0.3 is 0 Å². The number of halogens is 4.